The standard InChI is InChI=1S/C15H22N4O3/c1-10(2)9-16-15(21)17-14-8-13(18-19(14)5-6-20)12-4-7-22-11(12)3/h4,7-8,10,20H,5-6,9H2,1-3H3,(H2,16,17,21). The van der Waals surface area contributed by atoms with Crippen molar-refractivity contribution >= 4 is 11.8 Å². The summed E-state index contributed by atoms with van der Waals surface area (Å²) < 4.78 is 6.84. The normalized spacial score (nSPS) is 11.0. The van der Waals surface area contributed by atoms with Gasteiger partial charge in [0.15, 0.2) is 0 Å². The van der Waals surface area contributed by atoms with E-state index in [0.717, 1.165) is 11.3 Å². The third-order valence-corrected chi connectivity index (χ3v) is 3.14. The molecule has 7 heteroatoms. The first-order chi connectivity index (χ1) is 10.5. The molecule has 22 heavy (non-hydrogen) atoms. The molecule has 2 aromatic heterocycles. The molecular weight excluding hydrogens is 284 g/mol. The molecule has 2 aromatic rings. The van der Waals surface area contributed by atoms with Gasteiger partial charge in [0.2, 0.25) is 0 Å². The molecule has 0 radical (unpaired) electrons. The number of rotatable bonds is 6. The lowest BCUT2D eigenvalue weighted by molar-refractivity contribution is 0.250. The molecule has 0 saturated heterocycles. The van der Waals surface area contributed by atoms with Crippen LogP contribution in [0.5, 0.6) is 0 Å². The Bertz CT molecular complexity index is 631. The Morgan fingerprint density at radius 3 is 2.86 bits per heavy atom. The van der Waals surface area contributed by atoms with Crippen LogP contribution in [0.25, 0.3) is 11.3 Å². The maximum atomic E-state index is 11.9. The van der Waals surface area contributed by atoms with E-state index in [0.29, 0.717) is 30.5 Å². The number of aliphatic hydroxyl groups is 1. The highest BCUT2D eigenvalue weighted by Crippen LogP contribution is 2.25. The summed E-state index contributed by atoms with van der Waals surface area (Å²) in [5.41, 5.74) is 1.56. The largest absolute Gasteiger partial charge is 0.469 e. The molecule has 0 aliphatic carbocycles. The molecule has 0 aliphatic rings. The smallest absolute Gasteiger partial charge is 0.320 e. The number of amides is 2. The lowest BCUT2D eigenvalue weighted by Crippen LogP contribution is -2.32. The number of carbonyl (C=O) groups is 1. The second-order valence-corrected chi connectivity index (χ2v) is 5.48. The molecule has 0 bridgehead atoms. The predicted molar refractivity (Wildman–Crippen MR) is 83.6 cm³/mol. The van der Waals surface area contributed by atoms with Crippen LogP contribution in [0.1, 0.15) is 19.6 Å². The van der Waals surface area contributed by atoms with Gasteiger partial charge in [-0.05, 0) is 18.9 Å². The van der Waals surface area contributed by atoms with E-state index in [2.05, 4.69) is 15.7 Å². The van der Waals surface area contributed by atoms with Crippen molar-refractivity contribution < 1.29 is 14.3 Å². The first-order valence-corrected chi connectivity index (χ1v) is 7.29. The first kappa shape index (κ1) is 16.1. The van der Waals surface area contributed by atoms with Crippen LogP contribution in [0.4, 0.5) is 10.6 Å². The zero-order valence-corrected chi connectivity index (χ0v) is 13.1. The SMILES string of the molecule is Cc1occc1-c1cc(NC(=O)NCC(C)C)n(CCO)n1. The van der Waals surface area contributed by atoms with Crippen molar-refractivity contribution in [2.75, 3.05) is 18.5 Å². The van der Waals surface area contributed by atoms with Gasteiger partial charge >= 0.3 is 6.03 Å². The lowest BCUT2D eigenvalue weighted by atomic mass is 10.2. The van der Waals surface area contributed by atoms with Gasteiger partial charge in [-0.1, -0.05) is 13.8 Å². The summed E-state index contributed by atoms with van der Waals surface area (Å²) in [7, 11) is 0. The highest BCUT2D eigenvalue weighted by molar-refractivity contribution is 5.89. The van der Waals surface area contributed by atoms with E-state index in [1.807, 2.05) is 26.8 Å². The third kappa shape index (κ3) is 3.88. The molecule has 0 saturated carbocycles. The van der Waals surface area contributed by atoms with Crippen molar-refractivity contribution in [3.63, 3.8) is 0 Å². The number of aromatic nitrogens is 2. The molecule has 2 amide bonds. The van der Waals surface area contributed by atoms with E-state index >= 15 is 0 Å². The molecule has 2 rings (SSSR count). The van der Waals surface area contributed by atoms with Gasteiger partial charge in [0, 0.05) is 18.2 Å². The molecule has 0 spiro atoms. The number of hydrogen-bond donors (Lipinski definition) is 3. The van der Waals surface area contributed by atoms with Crippen LogP contribution in [-0.2, 0) is 6.54 Å². The summed E-state index contributed by atoms with van der Waals surface area (Å²) in [5.74, 6) is 1.66. The maximum absolute atomic E-state index is 11.9. The van der Waals surface area contributed by atoms with Crippen LogP contribution in [0, 0.1) is 12.8 Å². The van der Waals surface area contributed by atoms with Gasteiger partial charge in [-0.25, -0.2) is 9.48 Å². The molecule has 0 aromatic carbocycles. The van der Waals surface area contributed by atoms with Crippen LogP contribution < -0.4 is 10.6 Å². The Morgan fingerprint density at radius 2 is 2.27 bits per heavy atom. The van der Waals surface area contributed by atoms with Gasteiger partial charge in [-0.3, -0.25) is 5.32 Å². The quantitative estimate of drug-likeness (QED) is 0.763. The monoisotopic (exact) mass is 306 g/mol. The summed E-state index contributed by atoms with van der Waals surface area (Å²) in [6.07, 6.45) is 1.60. The van der Waals surface area contributed by atoms with Crippen LogP contribution in [-0.4, -0.2) is 34.1 Å². The number of furan rings is 1. The van der Waals surface area contributed by atoms with Gasteiger partial charge in [0.1, 0.15) is 11.6 Å². The first-order valence-electron chi connectivity index (χ1n) is 7.29. The van der Waals surface area contributed by atoms with Crippen molar-refractivity contribution in [1.29, 1.82) is 0 Å². The van der Waals surface area contributed by atoms with Crippen molar-refractivity contribution in [2.45, 2.75) is 27.3 Å². The number of aliphatic hydroxyl groups excluding tert-OH is 1. The Labute approximate surface area is 129 Å². The van der Waals surface area contributed by atoms with Crippen molar-refractivity contribution in [3.05, 3.63) is 24.2 Å². The molecular formula is C15H22N4O3. The summed E-state index contributed by atoms with van der Waals surface area (Å²) in [5, 5.41) is 19.1. The highest BCUT2D eigenvalue weighted by atomic mass is 16.3. The van der Waals surface area contributed by atoms with Crippen LogP contribution in [0.3, 0.4) is 0 Å². The maximum Gasteiger partial charge on any atom is 0.320 e. The van der Waals surface area contributed by atoms with E-state index in [1.165, 1.54) is 0 Å². The second kappa shape index (κ2) is 7.13. The van der Waals surface area contributed by atoms with E-state index in [-0.39, 0.29) is 12.6 Å². The fourth-order valence-electron chi connectivity index (χ4n) is 2.02. The molecule has 0 atom stereocenters. The average Bonchev–Trinajstić information content (AvgIpc) is 3.04. The Balaban J connectivity index is 2.17. The minimum Gasteiger partial charge on any atom is -0.469 e. The summed E-state index contributed by atoms with van der Waals surface area (Å²) in [6.45, 7) is 6.73. The molecule has 2 heterocycles. The summed E-state index contributed by atoms with van der Waals surface area (Å²) in [4.78, 5) is 11.9. The fraction of sp³-hybridized carbons (Fsp3) is 0.467. The number of nitrogens with zero attached hydrogens (tertiary/aromatic N) is 2. The van der Waals surface area contributed by atoms with Crippen LogP contribution >= 0.6 is 0 Å². The van der Waals surface area contributed by atoms with Crippen molar-refractivity contribution in [2.24, 2.45) is 5.92 Å². The van der Waals surface area contributed by atoms with Crippen molar-refractivity contribution in [3.8, 4) is 11.3 Å². The minimum atomic E-state index is -0.289. The van der Waals surface area contributed by atoms with Gasteiger partial charge in [-0.2, -0.15) is 5.10 Å². The van der Waals surface area contributed by atoms with Gasteiger partial charge < -0.3 is 14.8 Å². The van der Waals surface area contributed by atoms with Gasteiger partial charge in [-0.15, -0.1) is 0 Å². The number of aryl methyl sites for hydroxylation is 1. The van der Waals surface area contributed by atoms with E-state index in [1.54, 1.807) is 17.0 Å². The number of hydrogen-bond acceptors (Lipinski definition) is 4. The Hall–Kier alpha value is -2.28. The zero-order valence-electron chi connectivity index (χ0n) is 13.1. The third-order valence-electron chi connectivity index (χ3n) is 3.14. The minimum absolute atomic E-state index is 0.0617. The van der Waals surface area contributed by atoms with E-state index in [9.17, 15) is 4.79 Å². The van der Waals surface area contributed by atoms with Crippen LogP contribution in [0.15, 0.2) is 22.8 Å². The van der Waals surface area contributed by atoms with Crippen LogP contribution in [0.2, 0.25) is 0 Å². The molecule has 0 unspecified atom stereocenters. The molecule has 120 valence electrons. The highest BCUT2D eigenvalue weighted by Gasteiger charge is 2.14. The molecule has 0 aliphatic heterocycles. The number of anilines is 1. The number of carbonyl (C=O) groups excluding carboxylic acids is 1. The predicted octanol–water partition coefficient (Wildman–Crippen LogP) is 2.22. The summed E-state index contributed by atoms with van der Waals surface area (Å²) in [6, 6.07) is 3.30. The fourth-order valence-corrected chi connectivity index (χ4v) is 2.02. The Morgan fingerprint density at radius 1 is 1.50 bits per heavy atom. The average molecular weight is 306 g/mol. The lowest BCUT2D eigenvalue weighted by Gasteiger charge is -2.10. The topological polar surface area (TPSA) is 92.3 Å². The number of nitrogens with one attached hydrogen (secondary N) is 2. The zero-order chi connectivity index (χ0) is 16.1. The Kier molecular flexibility index (Phi) is 5.21. The molecule has 0 fully saturated rings. The molecule has 3 N–H and O–H groups in total. The number of urea groups is 1. The van der Waals surface area contributed by atoms with Gasteiger partial charge in [0.05, 0.1) is 25.1 Å². The summed E-state index contributed by atoms with van der Waals surface area (Å²) >= 11 is 0. The van der Waals surface area contributed by atoms with Crippen molar-refractivity contribution in [1.82, 2.24) is 15.1 Å². The van der Waals surface area contributed by atoms with E-state index < -0.39 is 0 Å². The molecule has 7 nitrogen and oxygen atoms in total. The second-order valence-electron chi connectivity index (χ2n) is 5.48. The van der Waals surface area contributed by atoms with Gasteiger partial charge in [0.25, 0.3) is 0 Å². The van der Waals surface area contributed by atoms with E-state index in [4.69, 9.17) is 9.52 Å².